The van der Waals surface area contributed by atoms with Gasteiger partial charge in [-0.15, -0.1) is 0 Å². The highest BCUT2D eigenvalue weighted by molar-refractivity contribution is 5.90. The van der Waals surface area contributed by atoms with Gasteiger partial charge in [0.15, 0.2) is 23.0 Å². The van der Waals surface area contributed by atoms with Crippen molar-refractivity contribution in [2.75, 3.05) is 14.8 Å². The van der Waals surface area contributed by atoms with Crippen LogP contribution in [0.25, 0.3) is 0 Å². The van der Waals surface area contributed by atoms with Gasteiger partial charge in [-0.25, -0.2) is 5.84 Å². The van der Waals surface area contributed by atoms with Crippen molar-refractivity contribution in [1.29, 1.82) is 0 Å². The predicted octanol–water partition coefficient (Wildman–Crippen LogP) is 9.16. The Morgan fingerprint density at radius 3 is 1.40 bits per heavy atom. The van der Waals surface area contributed by atoms with E-state index >= 15 is 0 Å². The summed E-state index contributed by atoms with van der Waals surface area (Å²) in [5, 5.41) is 22.1. The molecule has 218 valence electrons. The molecule has 0 saturated carbocycles. The fraction of sp³-hybridized carbons (Fsp3) is 0.0270. The molecule has 0 amide bonds. The van der Waals surface area contributed by atoms with Gasteiger partial charge in [0, 0.05) is 29.9 Å². The number of aromatic hydroxyl groups is 2. The zero-order valence-electron chi connectivity index (χ0n) is 23.9. The molecular formula is C37H26N4O4. The van der Waals surface area contributed by atoms with Gasteiger partial charge in [0.2, 0.25) is 0 Å². The van der Waals surface area contributed by atoms with E-state index in [1.54, 1.807) is 29.3 Å². The molecule has 3 aliphatic heterocycles. The molecule has 0 aromatic heterocycles. The van der Waals surface area contributed by atoms with Gasteiger partial charge in [-0.2, -0.15) is 0 Å². The maximum absolute atomic E-state index is 10.2. The van der Waals surface area contributed by atoms with Crippen LogP contribution in [0.5, 0.6) is 34.5 Å². The molecule has 3 aliphatic rings. The third kappa shape index (κ3) is 3.90. The van der Waals surface area contributed by atoms with E-state index in [1.807, 2.05) is 60.7 Å². The van der Waals surface area contributed by atoms with Crippen LogP contribution in [0.15, 0.2) is 121 Å². The van der Waals surface area contributed by atoms with Crippen LogP contribution >= 0.6 is 0 Å². The highest BCUT2D eigenvalue weighted by Gasteiger charge is 2.30. The molecule has 9 rings (SSSR count). The number of nitrogens with zero attached hydrogens (tertiary/aromatic N) is 3. The van der Waals surface area contributed by atoms with E-state index in [2.05, 4.69) is 46.2 Å². The van der Waals surface area contributed by atoms with E-state index < -0.39 is 0 Å². The van der Waals surface area contributed by atoms with Gasteiger partial charge in [-0.1, -0.05) is 24.3 Å². The van der Waals surface area contributed by atoms with Crippen LogP contribution in [-0.4, -0.2) is 10.2 Å². The molecule has 45 heavy (non-hydrogen) atoms. The van der Waals surface area contributed by atoms with Crippen LogP contribution in [0.3, 0.4) is 0 Å². The summed E-state index contributed by atoms with van der Waals surface area (Å²) in [6, 6.07) is 38.8. The highest BCUT2D eigenvalue weighted by atomic mass is 16.5. The monoisotopic (exact) mass is 590 g/mol. The minimum Gasteiger partial charge on any atom is -0.508 e. The number of anilines is 8. The molecule has 3 heterocycles. The summed E-state index contributed by atoms with van der Waals surface area (Å²) >= 11 is 0. The molecule has 0 fully saturated rings. The number of benzene rings is 6. The average molecular weight is 591 g/mol. The molecule has 0 unspecified atom stereocenters. The first-order valence-electron chi connectivity index (χ1n) is 14.6. The highest BCUT2D eigenvalue weighted by Crippen LogP contribution is 2.54. The molecule has 8 nitrogen and oxygen atoms in total. The Labute approximate surface area is 258 Å². The molecule has 6 aromatic carbocycles. The zero-order valence-corrected chi connectivity index (χ0v) is 23.9. The summed E-state index contributed by atoms with van der Waals surface area (Å²) in [5.74, 6) is 9.55. The number of hydrazine groups is 1. The zero-order chi connectivity index (χ0) is 30.2. The molecule has 0 spiro atoms. The molecule has 4 N–H and O–H groups in total. The lowest BCUT2D eigenvalue weighted by Gasteiger charge is -2.36. The Morgan fingerprint density at radius 1 is 0.467 bits per heavy atom. The fourth-order valence-corrected chi connectivity index (χ4v) is 6.56. The van der Waals surface area contributed by atoms with Gasteiger partial charge in [0.1, 0.15) is 11.5 Å². The number of nitrogens with two attached hydrogens (primary N) is 1. The molecule has 0 aliphatic carbocycles. The van der Waals surface area contributed by atoms with Crippen molar-refractivity contribution >= 4 is 45.5 Å². The number of para-hydroxylation sites is 4. The SMILES string of the molecule is NN1c2ccc(N3c4ccccc4Oc4ccccc43)cc2Cc2cc(N3c4ccc(O)cc4Oc4cc(O)ccc43)ccc21. The second-order valence-electron chi connectivity index (χ2n) is 11.3. The molecule has 0 atom stereocenters. The van der Waals surface area contributed by atoms with E-state index in [4.69, 9.17) is 15.3 Å². The maximum Gasteiger partial charge on any atom is 0.155 e. The molecule has 0 radical (unpaired) electrons. The number of phenolic OH excluding ortho intramolecular Hbond substituents is 2. The first-order chi connectivity index (χ1) is 22.0. The number of hydrogen-bond donors (Lipinski definition) is 3. The Morgan fingerprint density at radius 2 is 0.889 bits per heavy atom. The van der Waals surface area contributed by atoms with Crippen molar-refractivity contribution in [3.63, 3.8) is 0 Å². The van der Waals surface area contributed by atoms with Crippen molar-refractivity contribution in [2.45, 2.75) is 6.42 Å². The van der Waals surface area contributed by atoms with Gasteiger partial charge in [-0.3, -0.25) is 5.01 Å². The van der Waals surface area contributed by atoms with Gasteiger partial charge in [0.25, 0.3) is 0 Å². The summed E-state index contributed by atoms with van der Waals surface area (Å²) in [6.45, 7) is 0. The lowest BCUT2D eigenvalue weighted by atomic mass is 9.95. The largest absolute Gasteiger partial charge is 0.508 e. The smallest absolute Gasteiger partial charge is 0.155 e. The first-order valence-corrected chi connectivity index (χ1v) is 14.6. The third-order valence-electron chi connectivity index (χ3n) is 8.56. The summed E-state index contributed by atoms with van der Waals surface area (Å²) < 4.78 is 12.3. The lowest BCUT2D eigenvalue weighted by Crippen LogP contribution is -2.30. The quantitative estimate of drug-likeness (QED) is 0.172. The van der Waals surface area contributed by atoms with Gasteiger partial charge >= 0.3 is 0 Å². The minimum atomic E-state index is 0.0967. The Kier molecular flexibility index (Phi) is 5.32. The van der Waals surface area contributed by atoms with Crippen LogP contribution in [0.2, 0.25) is 0 Å². The van der Waals surface area contributed by atoms with Gasteiger partial charge < -0.3 is 29.5 Å². The van der Waals surface area contributed by atoms with Crippen molar-refractivity contribution in [2.24, 2.45) is 5.84 Å². The molecule has 6 aromatic rings. The Hall–Kier alpha value is -6.12. The number of ether oxygens (including phenoxy) is 2. The maximum atomic E-state index is 10.2. The van der Waals surface area contributed by atoms with Crippen molar-refractivity contribution in [3.8, 4) is 34.5 Å². The summed E-state index contributed by atoms with van der Waals surface area (Å²) in [7, 11) is 0. The fourth-order valence-electron chi connectivity index (χ4n) is 6.56. The first kappa shape index (κ1) is 25.4. The molecular weight excluding hydrogens is 564 g/mol. The normalized spacial score (nSPS) is 13.8. The number of rotatable bonds is 2. The van der Waals surface area contributed by atoms with E-state index in [0.717, 1.165) is 68.1 Å². The number of hydrogen-bond acceptors (Lipinski definition) is 8. The number of phenols is 2. The molecule has 8 heteroatoms. The van der Waals surface area contributed by atoms with Crippen LogP contribution in [0.1, 0.15) is 11.1 Å². The summed E-state index contributed by atoms with van der Waals surface area (Å²) in [4.78, 5) is 4.30. The predicted molar refractivity (Wildman–Crippen MR) is 175 cm³/mol. The van der Waals surface area contributed by atoms with Crippen LogP contribution in [-0.2, 0) is 6.42 Å². The topological polar surface area (TPSA) is 94.7 Å². The van der Waals surface area contributed by atoms with E-state index in [-0.39, 0.29) is 11.5 Å². The number of fused-ring (bicyclic) bond motifs is 6. The molecule has 0 bridgehead atoms. The van der Waals surface area contributed by atoms with Gasteiger partial charge in [-0.05, 0) is 96.1 Å². The van der Waals surface area contributed by atoms with E-state index in [9.17, 15) is 10.2 Å². The summed E-state index contributed by atoms with van der Waals surface area (Å²) in [6.07, 6.45) is 0.670. The molecule has 0 saturated heterocycles. The van der Waals surface area contributed by atoms with E-state index in [0.29, 0.717) is 17.9 Å². The van der Waals surface area contributed by atoms with Crippen LogP contribution < -0.4 is 30.1 Å². The van der Waals surface area contributed by atoms with Crippen LogP contribution in [0, 0.1) is 0 Å². The van der Waals surface area contributed by atoms with Crippen molar-refractivity contribution in [1.82, 2.24) is 0 Å². The van der Waals surface area contributed by atoms with E-state index in [1.165, 1.54) is 0 Å². The minimum absolute atomic E-state index is 0.0967. The van der Waals surface area contributed by atoms with Crippen molar-refractivity contribution in [3.05, 3.63) is 132 Å². The Balaban J connectivity index is 1.14. The average Bonchev–Trinajstić information content (AvgIpc) is 3.05. The second-order valence-corrected chi connectivity index (χ2v) is 11.3. The lowest BCUT2D eigenvalue weighted by molar-refractivity contribution is 0.443. The standard InChI is InChI=1S/C37H26N4O4/c38-41-28-13-9-24(39-30-5-1-3-7-34(30)44-35-8-4-2-6-31(35)39)18-22(28)17-23-19-25(10-14-29(23)41)40-32-15-11-26(42)20-36(32)45-37-21-27(43)12-16-33(37)40/h1-16,18-21,42-43H,17,38H2. The van der Waals surface area contributed by atoms with Crippen LogP contribution in [0.4, 0.5) is 45.5 Å². The van der Waals surface area contributed by atoms with Crippen molar-refractivity contribution < 1.29 is 19.7 Å². The third-order valence-corrected chi connectivity index (χ3v) is 8.56. The Bertz CT molecular complexity index is 2080. The summed E-state index contributed by atoms with van der Waals surface area (Å²) in [5.41, 5.74) is 9.45. The second kappa shape index (κ2) is 9.44. The van der Waals surface area contributed by atoms with Gasteiger partial charge in [0.05, 0.1) is 34.1 Å².